The molecular formula is C12H17NO4S. The molecule has 0 saturated carbocycles. The summed E-state index contributed by atoms with van der Waals surface area (Å²) in [6.07, 6.45) is 1.80. The lowest BCUT2D eigenvalue weighted by Gasteiger charge is -2.04. The van der Waals surface area contributed by atoms with E-state index in [9.17, 15) is 13.2 Å². The molecule has 0 bridgehead atoms. The Bertz CT molecular complexity index is 493. The Hall–Kier alpha value is -1.40. The first-order valence-electron chi connectivity index (χ1n) is 5.59. The van der Waals surface area contributed by atoms with Gasteiger partial charge in [0.05, 0.1) is 11.3 Å². The Morgan fingerprint density at radius 1 is 1.28 bits per heavy atom. The van der Waals surface area contributed by atoms with Crippen LogP contribution in [0.4, 0.5) is 0 Å². The van der Waals surface area contributed by atoms with Gasteiger partial charge in [-0.25, -0.2) is 13.2 Å². The van der Waals surface area contributed by atoms with Gasteiger partial charge in [-0.2, -0.15) is 0 Å². The lowest BCUT2D eigenvalue weighted by Crippen LogP contribution is -2.17. The maximum absolute atomic E-state index is 10.9. The Balaban J connectivity index is 2.29. The van der Waals surface area contributed by atoms with Crippen LogP contribution in [-0.2, 0) is 16.4 Å². The van der Waals surface area contributed by atoms with Gasteiger partial charge >= 0.3 is 5.97 Å². The second-order valence-corrected chi connectivity index (χ2v) is 6.42. The predicted octanol–water partition coefficient (Wildman–Crippen LogP) is 0.909. The topological polar surface area (TPSA) is 83.5 Å². The molecule has 1 aromatic carbocycles. The number of nitrogens with one attached hydrogen (secondary N) is 1. The van der Waals surface area contributed by atoms with Crippen LogP contribution in [-0.4, -0.2) is 38.0 Å². The van der Waals surface area contributed by atoms with Crippen molar-refractivity contribution < 1.29 is 18.3 Å². The van der Waals surface area contributed by atoms with E-state index in [1.807, 2.05) is 0 Å². The van der Waals surface area contributed by atoms with E-state index in [4.69, 9.17) is 5.11 Å². The van der Waals surface area contributed by atoms with E-state index in [1.165, 1.54) is 6.26 Å². The summed E-state index contributed by atoms with van der Waals surface area (Å²) in [7, 11) is -2.89. The fourth-order valence-corrected chi connectivity index (χ4v) is 2.13. The average molecular weight is 271 g/mol. The molecule has 100 valence electrons. The van der Waals surface area contributed by atoms with Gasteiger partial charge in [-0.1, -0.05) is 12.1 Å². The molecule has 2 N–H and O–H groups in total. The van der Waals surface area contributed by atoms with E-state index in [-0.39, 0.29) is 11.3 Å². The lowest BCUT2D eigenvalue weighted by molar-refractivity contribution is 0.0697. The molecule has 0 radical (unpaired) electrons. The molecule has 0 unspecified atom stereocenters. The zero-order valence-electron chi connectivity index (χ0n) is 10.2. The van der Waals surface area contributed by atoms with Gasteiger partial charge in [0.25, 0.3) is 0 Å². The summed E-state index contributed by atoms with van der Waals surface area (Å²) in [5.74, 6) is -0.763. The molecule has 0 aromatic heterocycles. The number of aromatic carboxylic acids is 1. The summed E-state index contributed by atoms with van der Waals surface area (Å²) in [4.78, 5) is 10.6. The summed E-state index contributed by atoms with van der Waals surface area (Å²) in [6, 6.07) is 6.59. The Morgan fingerprint density at radius 2 is 1.89 bits per heavy atom. The fourth-order valence-electron chi connectivity index (χ4n) is 1.46. The van der Waals surface area contributed by atoms with Gasteiger partial charge in [0, 0.05) is 12.8 Å². The first kappa shape index (κ1) is 14.7. The largest absolute Gasteiger partial charge is 0.478 e. The molecule has 5 nitrogen and oxygen atoms in total. The third kappa shape index (κ3) is 5.79. The maximum atomic E-state index is 10.9. The van der Waals surface area contributed by atoms with Crippen molar-refractivity contribution in [3.8, 4) is 0 Å². The van der Waals surface area contributed by atoms with Gasteiger partial charge in [0.2, 0.25) is 0 Å². The van der Waals surface area contributed by atoms with Crippen LogP contribution in [0.3, 0.4) is 0 Å². The average Bonchev–Trinajstić information content (AvgIpc) is 2.27. The van der Waals surface area contributed by atoms with Crippen LogP contribution in [0.1, 0.15) is 22.3 Å². The van der Waals surface area contributed by atoms with E-state index in [0.717, 1.165) is 5.56 Å². The van der Waals surface area contributed by atoms with E-state index in [2.05, 4.69) is 5.32 Å². The van der Waals surface area contributed by atoms with Gasteiger partial charge in [-0.05, 0) is 30.7 Å². The smallest absolute Gasteiger partial charge is 0.335 e. The van der Waals surface area contributed by atoms with Gasteiger partial charge in [0.15, 0.2) is 0 Å². The van der Waals surface area contributed by atoms with E-state index >= 15 is 0 Å². The van der Waals surface area contributed by atoms with Crippen LogP contribution in [0, 0.1) is 0 Å². The van der Waals surface area contributed by atoms with Crippen molar-refractivity contribution in [2.45, 2.75) is 13.0 Å². The minimum atomic E-state index is -2.89. The number of hydrogen-bond donors (Lipinski definition) is 2. The third-order valence-electron chi connectivity index (χ3n) is 2.40. The number of rotatable bonds is 7. The van der Waals surface area contributed by atoms with Crippen LogP contribution in [0.2, 0.25) is 0 Å². The standard InChI is InChI=1S/C12H17NO4S/c1-18(16,17)8-2-7-13-9-10-3-5-11(6-4-10)12(14)15/h3-6,13H,2,7-9H2,1H3,(H,14,15). The molecule has 1 rings (SSSR count). The van der Waals surface area contributed by atoms with Crippen LogP contribution < -0.4 is 5.32 Å². The van der Waals surface area contributed by atoms with Crippen molar-refractivity contribution in [2.24, 2.45) is 0 Å². The summed E-state index contributed by atoms with van der Waals surface area (Å²) >= 11 is 0. The van der Waals surface area contributed by atoms with E-state index in [0.29, 0.717) is 19.5 Å². The molecule has 0 aliphatic heterocycles. The Kier molecular flexibility index (Phi) is 5.30. The minimum absolute atomic E-state index is 0.179. The monoisotopic (exact) mass is 271 g/mol. The normalized spacial score (nSPS) is 11.4. The fraction of sp³-hybridized carbons (Fsp3) is 0.417. The maximum Gasteiger partial charge on any atom is 0.335 e. The molecule has 0 atom stereocenters. The summed E-state index contributed by atoms with van der Waals surface area (Å²) in [6.45, 7) is 1.22. The number of carbonyl (C=O) groups is 1. The summed E-state index contributed by atoms with van der Waals surface area (Å²) in [5, 5.41) is 11.8. The van der Waals surface area contributed by atoms with Crippen molar-refractivity contribution in [3.63, 3.8) is 0 Å². The first-order valence-corrected chi connectivity index (χ1v) is 7.65. The number of benzene rings is 1. The van der Waals surface area contributed by atoms with Crippen molar-refractivity contribution in [1.29, 1.82) is 0 Å². The number of hydrogen-bond acceptors (Lipinski definition) is 4. The van der Waals surface area contributed by atoms with Crippen LogP contribution in [0.25, 0.3) is 0 Å². The van der Waals surface area contributed by atoms with Gasteiger partial charge in [0.1, 0.15) is 9.84 Å². The molecule has 0 amide bonds. The highest BCUT2D eigenvalue weighted by molar-refractivity contribution is 7.90. The van der Waals surface area contributed by atoms with Crippen molar-refractivity contribution in [2.75, 3.05) is 18.6 Å². The van der Waals surface area contributed by atoms with E-state index in [1.54, 1.807) is 24.3 Å². The Morgan fingerprint density at radius 3 is 2.39 bits per heavy atom. The van der Waals surface area contributed by atoms with Gasteiger partial charge < -0.3 is 10.4 Å². The first-order chi connectivity index (χ1) is 8.38. The molecule has 1 aromatic rings. The molecule has 0 fully saturated rings. The highest BCUT2D eigenvalue weighted by atomic mass is 32.2. The quantitative estimate of drug-likeness (QED) is 0.720. The highest BCUT2D eigenvalue weighted by Crippen LogP contribution is 2.04. The molecular weight excluding hydrogens is 254 g/mol. The second kappa shape index (κ2) is 6.51. The summed E-state index contributed by atoms with van der Waals surface area (Å²) < 4.78 is 21.8. The zero-order chi connectivity index (χ0) is 13.6. The van der Waals surface area contributed by atoms with Crippen LogP contribution in [0.15, 0.2) is 24.3 Å². The number of sulfone groups is 1. The molecule has 6 heteroatoms. The van der Waals surface area contributed by atoms with Crippen molar-refractivity contribution in [3.05, 3.63) is 35.4 Å². The number of carboxylic acids is 1. The van der Waals surface area contributed by atoms with Crippen molar-refractivity contribution >= 4 is 15.8 Å². The lowest BCUT2D eigenvalue weighted by atomic mass is 10.1. The van der Waals surface area contributed by atoms with Crippen LogP contribution >= 0.6 is 0 Å². The molecule has 0 saturated heterocycles. The summed E-state index contributed by atoms with van der Waals surface area (Å²) in [5.41, 5.74) is 1.23. The van der Waals surface area contributed by atoms with Gasteiger partial charge in [-0.15, -0.1) is 0 Å². The second-order valence-electron chi connectivity index (χ2n) is 4.16. The Labute approximate surface area is 107 Å². The molecule has 0 heterocycles. The highest BCUT2D eigenvalue weighted by Gasteiger charge is 2.02. The minimum Gasteiger partial charge on any atom is -0.478 e. The molecule has 0 aliphatic carbocycles. The van der Waals surface area contributed by atoms with Crippen molar-refractivity contribution in [1.82, 2.24) is 5.32 Å². The SMILES string of the molecule is CS(=O)(=O)CCCNCc1ccc(C(=O)O)cc1. The van der Waals surface area contributed by atoms with E-state index < -0.39 is 15.8 Å². The molecule has 0 aliphatic rings. The predicted molar refractivity (Wildman–Crippen MR) is 69.4 cm³/mol. The zero-order valence-corrected chi connectivity index (χ0v) is 11.0. The third-order valence-corrected chi connectivity index (χ3v) is 3.43. The number of carboxylic acid groups (broad SMARTS) is 1. The van der Waals surface area contributed by atoms with Crippen LogP contribution in [0.5, 0.6) is 0 Å². The molecule has 0 spiro atoms. The molecule has 18 heavy (non-hydrogen) atoms. The van der Waals surface area contributed by atoms with Gasteiger partial charge in [-0.3, -0.25) is 0 Å².